The van der Waals surface area contributed by atoms with Gasteiger partial charge in [0, 0.05) is 12.8 Å². The van der Waals surface area contributed by atoms with Crippen molar-refractivity contribution in [2.75, 3.05) is 40.9 Å². The quantitative estimate of drug-likeness (QED) is 0.0156. The number of allylic oxidation sites excluding steroid dienone is 7. The first-order valence-corrected chi connectivity index (χ1v) is 30.0. The van der Waals surface area contributed by atoms with Crippen LogP contribution in [-0.2, 0) is 27.9 Å². The van der Waals surface area contributed by atoms with E-state index in [-0.39, 0.29) is 25.1 Å². The van der Waals surface area contributed by atoms with E-state index < -0.39 is 20.0 Å². The third-order valence-corrected chi connectivity index (χ3v) is 13.6. The van der Waals surface area contributed by atoms with Gasteiger partial charge in [0.1, 0.15) is 19.3 Å². The highest BCUT2D eigenvalue weighted by atomic mass is 31.2. The summed E-state index contributed by atoms with van der Waals surface area (Å²) in [5, 5.41) is 3.04. The summed E-state index contributed by atoms with van der Waals surface area (Å²) in [6.07, 6.45) is 58.1. The highest BCUT2D eigenvalue weighted by Gasteiger charge is 2.30. The number of ether oxygens (including phenoxy) is 1. The van der Waals surface area contributed by atoms with Gasteiger partial charge in [-0.2, -0.15) is 0 Å². The van der Waals surface area contributed by atoms with Gasteiger partial charge in [-0.15, -0.1) is 0 Å². The number of carbonyl (C=O) groups excluding carboxylic acids is 2. The first-order valence-electron chi connectivity index (χ1n) is 28.5. The molecule has 0 aromatic carbocycles. The topological polar surface area (TPSA) is 111 Å². The number of hydrogen-bond acceptors (Lipinski definition) is 6. The van der Waals surface area contributed by atoms with Crippen molar-refractivity contribution >= 4 is 19.7 Å². The lowest BCUT2D eigenvalue weighted by atomic mass is 10.0. The Morgan fingerprint density at radius 3 is 1.40 bits per heavy atom. The molecule has 0 fully saturated rings. The van der Waals surface area contributed by atoms with Crippen molar-refractivity contribution in [2.24, 2.45) is 0 Å². The Kier molecular flexibility index (Phi) is 47.1. The predicted molar refractivity (Wildman–Crippen MR) is 291 cm³/mol. The third-order valence-electron chi connectivity index (χ3n) is 12.6. The lowest BCUT2D eigenvalue weighted by molar-refractivity contribution is -0.870. The maximum absolute atomic E-state index is 13.5. The van der Waals surface area contributed by atoms with E-state index in [1.807, 2.05) is 33.3 Å². The highest BCUT2D eigenvalue weighted by Crippen LogP contribution is 2.43. The van der Waals surface area contributed by atoms with Gasteiger partial charge in [0.25, 0.3) is 0 Å². The first-order chi connectivity index (χ1) is 32.9. The van der Waals surface area contributed by atoms with Crippen LogP contribution in [0, 0.1) is 0 Å². The minimum atomic E-state index is -4.44. The standard InChI is InChI=1S/C58H109N2O7P/c1-7-10-13-16-19-22-25-28-30-32-35-38-41-44-47-50-57(61)59-55(54-66-68(63,64)65-53-52-60(4,5)6)56(49-46-43-40-37-34-27-24-21-18-15-12-9-3)67-58(62)51-48-45-42-39-36-33-31-29-26-23-20-17-14-11-8-2/h10,13,16,19,22,25,46,49,55-56H,7-9,11-12,14-15,17-18,20-21,23-24,26-45,47-48,50-54H2,1-6H3,(H-,59,61,63,64)/p+1/b13-10+,19-16+,25-22+,49-46+. The number of nitrogens with zero attached hydrogens (tertiary/aromatic N) is 1. The fourth-order valence-electron chi connectivity index (χ4n) is 8.18. The number of phosphoric ester groups is 1. The molecule has 0 saturated carbocycles. The molecule has 0 aliphatic rings. The minimum Gasteiger partial charge on any atom is -0.456 e. The molecule has 0 bridgehead atoms. The number of amides is 1. The fourth-order valence-corrected chi connectivity index (χ4v) is 8.91. The van der Waals surface area contributed by atoms with Crippen molar-refractivity contribution in [3.05, 3.63) is 48.6 Å². The average molecular weight is 978 g/mol. The Morgan fingerprint density at radius 1 is 0.529 bits per heavy atom. The molecule has 0 aromatic rings. The van der Waals surface area contributed by atoms with Crippen LogP contribution in [0.5, 0.6) is 0 Å². The van der Waals surface area contributed by atoms with Gasteiger partial charge in [0.2, 0.25) is 5.91 Å². The number of quaternary nitrogens is 1. The van der Waals surface area contributed by atoms with Crippen LogP contribution in [0.2, 0.25) is 0 Å². The van der Waals surface area contributed by atoms with E-state index >= 15 is 0 Å². The van der Waals surface area contributed by atoms with Crippen molar-refractivity contribution in [1.29, 1.82) is 0 Å². The molecule has 398 valence electrons. The molecule has 0 heterocycles. The van der Waals surface area contributed by atoms with Crippen LogP contribution in [0.4, 0.5) is 0 Å². The molecule has 1 amide bonds. The molecule has 2 N–H and O–H groups in total. The normalized spacial score (nSPS) is 14.2. The van der Waals surface area contributed by atoms with Gasteiger partial charge in [-0.1, -0.05) is 243 Å². The molecule has 68 heavy (non-hydrogen) atoms. The van der Waals surface area contributed by atoms with E-state index in [0.717, 1.165) is 77.0 Å². The molecule has 3 unspecified atom stereocenters. The van der Waals surface area contributed by atoms with Gasteiger partial charge in [-0.3, -0.25) is 18.6 Å². The molecule has 3 atom stereocenters. The minimum absolute atomic E-state index is 0.0383. The summed E-state index contributed by atoms with van der Waals surface area (Å²) < 4.78 is 30.6. The summed E-state index contributed by atoms with van der Waals surface area (Å²) in [4.78, 5) is 37.5. The summed E-state index contributed by atoms with van der Waals surface area (Å²) in [5.74, 6) is -0.513. The van der Waals surface area contributed by atoms with Gasteiger partial charge in [-0.25, -0.2) is 4.57 Å². The van der Waals surface area contributed by atoms with Crippen LogP contribution in [0.1, 0.15) is 258 Å². The van der Waals surface area contributed by atoms with E-state index in [0.29, 0.717) is 23.9 Å². The first kappa shape index (κ1) is 66.0. The zero-order valence-corrected chi connectivity index (χ0v) is 46.2. The number of carbonyl (C=O) groups is 2. The second-order valence-corrected chi connectivity index (χ2v) is 22.0. The van der Waals surface area contributed by atoms with Crippen LogP contribution in [0.25, 0.3) is 0 Å². The van der Waals surface area contributed by atoms with Gasteiger partial charge < -0.3 is 19.4 Å². The molecule has 0 aromatic heterocycles. The third kappa shape index (κ3) is 49.0. The Hall–Kier alpha value is -2.03. The van der Waals surface area contributed by atoms with Gasteiger partial charge in [0.05, 0.1) is 33.8 Å². The molecule has 0 saturated heterocycles. The fraction of sp³-hybridized carbons (Fsp3) is 0.828. The second kappa shape index (κ2) is 48.6. The Balaban J connectivity index is 5.36. The van der Waals surface area contributed by atoms with Crippen LogP contribution < -0.4 is 5.32 Å². The van der Waals surface area contributed by atoms with E-state index in [2.05, 4.69) is 62.5 Å². The van der Waals surface area contributed by atoms with Crippen molar-refractivity contribution in [3.63, 3.8) is 0 Å². The summed E-state index contributed by atoms with van der Waals surface area (Å²) in [5.41, 5.74) is 0. The van der Waals surface area contributed by atoms with E-state index in [1.54, 1.807) is 0 Å². The number of rotatable bonds is 51. The lowest BCUT2D eigenvalue weighted by Crippen LogP contribution is -2.47. The number of hydrogen-bond donors (Lipinski definition) is 2. The number of likely N-dealkylation sites (N-methyl/N-ethyl adjacent to an activating group) is 1. The summed E-state index contributed by atoms with van der Waals surface area (Å²) >= 11 is 0. The van der Waals surface area contributed by atoms with Crippen LogP contribution >= 0.6 is 7.82 Å². The van der Waals surface area contributed by atoms with Crippen molar-refractivity contribution in [1.82, 2.24) is 5.32 Å². The van der Waals surface area contributed by atoms with E-state index in [4.69, 9.17) is 13.8 Å². The Labute approximate surface area is 420 Å². The molecule has 0 aliphatic carbocycles. The monoisotopic (exact) mass is 978 g/mol. The van der Waals surface area contributed by atoms with Crippen molar-refractivity contribution < 1.29 is 37.3 Å². The zero-order valence-electron chi connectivity index (χ0n) is 45.3. The predicted octanol–water partition coefficient (Wildman–Crippen LogP) is 16.9. The summed E-state index contributed by atoms with van der Waals surface area (Å²) in [6, 6.07) is -0.851. The highest BCUT2D eigenvalue weighted by molar-refractivity contribution is 7.47. The van der Waals surface area contributed by atoms with Crippen molar-refractivity contribution in [2.45, 2.75) is 270 Å². The molecule has 0 aliphatic heterocycles. The van der Waals surface area contributed by atoms with Gasteiger partial charge in [-0.05, 0) is 51.0 Å². The number of esters is 1. The Bertz CT molecular complexity index is 1310. The van der Waals surface area contributed by atoms with Gasteiger partial charge in [0.15, 0.2) is 0 Å². The summed E-state index contributed by atoms with van der Waals surface area (Å²) in [7, 11) is 1.49. The SMILES string of the molecule is CC/C=C/C=C/C=C/CCCCCCCCCC(=O)NC(COP(=O)(O)OCC[N+](C)(C)C)C(/C=C/CCCCCCCCCCCC)OC(=O)CCCCCCCCCCCCCCCCC. The van der Waals surface area contributed by atoms with Crippen LogP contribution in [-0.4, -0.2) is 74.3 Å². The average Bonchev–Trinajstić information content (AvgIpc) is 3.29. The molecule has 10 heteroatoms. The molecule has 0 rings (SSSR count). The van der Waals surface area contributed by atoms with E-state index in [1.165, 1.54) is 148 Å². The number of unbranched alkanes of at least 4 members (excludes halogenated alkanes) is 31. The second-order valence-electron chi connectivity index (χ2n) is 20.5. The van der Waals surface area contributed by atoms with Crippen LogP contribution in [0.3, 0.4) is 0 Å². The molecule has 0 radical (unpaired) electrons. The largest absolute Gasteiger partial charge is 0.472 e. The number of nitrogens with one attached hydrogen (secondary N) is 1. The van der Waals surface area contributed by atoms with Crippen LogP contribution in [0.15, 0.2) is 48.6 Å². The molecular weight excluding hydrogens is 868 g/mol. The number of phosphoric acid groups is 1. The maximum Gasteiger partial charge on any atom is 0.472 e. The summed E-state index contributed by atoms with van der Waals surface area (Å²) in [6.45, 7) is 6.88. The smallest absolute Gasteiger partial charge is 0.456 e. The molecular formula is C58H110N2O7P+. The zero-order chi connectivity index (χ0) is 50.1. The maximum atomic E-state index is 13.5. The lowest BCUT2D eigenvalue weighted by Gasteiger charge is -2.27. The molecule has 0 spiro atoms. The molecule has 9 nitrogen and oxygen atoms in total. The van der Waals surface area contributed by atoms with Crippen molar-refractivity contribution in [3.8, 4) is 0 Å². The van der Waals surface area contributed by atoms with E-state index in [9.17, 15) is 19.0 Å². The Morgan fingerprint density at radius 2 is 0.941 bits per heavy atom. The van der Waals surface area contributed by atoms with Gasteiger partial charge >= 0.3 is 13.8 Å².